The Balaban J connectivity index is 1.83. The fraction of sp³-hybridized carbons (Fsp3) is 0. The number of benzene rings is 4. The summed E-state index contributed by atoms with van der Waals surface area (Å²) in [6.45, 7) is 0. The van der Waals surface area contributed by atoms with E-state index in [1.54, 1.807) is 18.2 Å². The van der Waals surface area contributed by atoms with Gasteiger partial charge in [-0.1, -0.05) is 36.4 Å². The Morgan fingerprint density at radius 3 is 2.08 bits per heavy atom. The summed E-state index contributed by atoms with van der Waals surface area (Å²) in [7, 11) is -3.68. The minimum Gasteiger partial charge on any atom is -0.399 e. The van der Waals surface area contributed by atoms with Crippen LogP contribution in [0.25, 0.3) is 21.5 Å². The van der Waals surface area contributed by atoms with Crippen LogP contribution in [0.1, 0.15) is 0 Å². The highest BCUT2D eigenvalue weighted by Gasteiger charge is 2.15. The molecule has 4 nitrogen and oxygen atoms in total. The molecule has 0 fully saturated rings. The van der Waals surface area contributed by atoms with Gasteiger partial charge in [-0.25, -0.2) is 8.42 Å². The van der Waals surface area contributed by atoms with Gasteiger partial charge in [0.1, 0.15) is 0 Å². The molecule has 0 radical (unpaired) electrons. The Morgan fingerprint density at radius 2 is 1.36 bits per heavy atom. The van der Waals surface area contributed by atoms with Crippen molar-refractivity contribution in [3.63, 3.8) is 0 Å². The molecule has 0 aliphatic heterocycles. The van der Waals surface area contributed by atoms with Crippen molar-refractivity contribution in [3.05, 3.63) is 78.9 Å². The number of nitrogens with one attached hydrogen (secondary N) is 1. The Labute approximate surface area is 146 Å². The van der Waals surface area contributed by atoms with Crippen LogP contribution in [0.15, 0.2) is 83.8 Å². The lowest BCUT2D eigenvalue weighted by Crippen LogP contribution is -2.13. The second kappa shape index (κ2) is 5.79. The molecule has 0 spiro atoms. The molecule has 0 aliphatic carbocycles. The molecule has 0 bridgehead atoms. The molecule has 0 aromatic heterocycles. The molecule has 4 aromatic rings. The second-order valence-electron chi connectivity index (χ2n) is 5.90. The first-order chi connectivity index (χ1) is 12.0. The number of nitrogens with two attached hydrogens (primary N) is 1. The fourth-order valence-corrected chi connectivity index (χ4v) is 3.99. The first-order valence-electron chi connectivity index (χ1n) is 7.83. The molecule has 0 atom stereocenters. The maximum atomic E-state index is 12.7. The van der Waals surface area contributed by atoms with E-state index in [0.29, 0.717) is 11.4 Å². The summed E-state index contributed by atoms with van der Waals surface area (Å²) in [4.78, 5) is 0.180. The molecule has 3 N–H and O–H groups in total. The van der Waals surface area contributed by atoms with Crippen LogP contribution in [0, 0.1) is 0 Å². The average molecular weight is 348 g/mol. The Hall–Kier alpha value is -3.05. The van der Waals surface area contributed by atoms with Gasteiger partial charge in [0.2, 0.25) is 0 Å². The molecule has 0 aliphatic rings. The van der Waals surface area contributed by atoms with Gasteiger partial charge in [0, 0.05) is 11.1 Å². The van der Waals surface area contributed by atoms with Crippen LogP contribution in [0.4, 0.5) is 11.4 Å². The molecule has 0 saturated carbocycles. The van der Waals surface area contributed by atoms with E-state index >= 15 is 0 Å². The minimum atomic E-state index is -3.68. The number of fused-ring (bicyclic) bond motifs is 2. The van der Waals surface area contributed by atoms with Crippen molar-refractivity contribution in [1.82, 2.24) is 0 Å². The normalized spacial score (nSPS) is 11.7. The topological polar surface area (TPSA) is 72.2 Å². The predicted octanol–water partition coefficient (Wildman–Crippen LogP) is 4.38. The lowest BCUT2D eigenvalue weighted by atomic mass is 10.0. The molecule has 124 valence electrons. The summed E-state index contributed by atoms with van der Waals surface area (Å²) in [5, 5.41) is 4.03. The largest absolute Gasteiger partial charge is 0.399 e. The molecule has 4 aromatic carbocycles. The minimum absolute atomic E-state index is 0.180. The highest BCUT2D eigenvalue weighted by atomic mass is 32.2. The molecule has 0 saturated heterocycles. The van der Waals surface area contributed by atoms with Crippen LogP contribution in [0.5, 0.6) is 0 Å². The third-order valence-corrected chi connectivity index (χ3v) is 5.56. The quantitative estimate of drug-likeness (QED) is 0.426. The summed E-state index contributed by atoms with van der Waals surface area (Å²) in [5.74, 6) is 0. The van der Waals surface area contributed by atoms with Crippen molar-refractivity contribution in [1.29, 1.82) is 0 Å². The van der Waals surface area contributed by atoms with Crippen molar-refractivity contribution in [3.8, 4) is 0 Å². The monoisotopic (exact) mass is 348 g/mol. The van der Waals surface area contributed by atoms with E-state index in [0.717, 1.165) is 21.5 Å². The third-order valence-electron chi connectivity index (χ3n) is 4.18. The van der Waals surface area contributed by atoms with Gasteiger partial charge in [-0.3, -0.25) is 4.72 Å². The van der Waals surface area contributed by atoms with Crippen molar-refractivity contribution in [2.75, 3.05) is 10.5 Å². The molecule has 5 heteroatoms. The van der Waals surface area contributed by atoms with Crippen molar-refractivity contribution >= 4 is 42.9 Å². The van der Waals surface area contributed by atoms with Gasteiger partial charge in [0.15, 0.2) is 0 Å². The van der Waals surface area contributed by atoms with E-state index < -0.39 is 10.0 Å². The van der Waals surface area contributed by atoms with Crippen LogP contribution in [-0.2, 0) is 10.0 Å². The van der Waals surface area contributed by atoms with Gasteiger partial charge in [0.25, 0.3) is 10.0 Å². The number of rotatable bonds is 3. The Morgan fingerprint density at radius 1 is 0.720 bits per heavy atom. The summed E-state index contributed by atoms with van der Waals surface area (Å²) < 4.78 is 28.0. The third kappa shape index (κ3) is 2.90. The van der Waals surface area contributed by atoms with E-state index in [1.165, 1.54) is 12.1 Å². The average Bonchev–Trinajstić information content (AvgIpc) is 2.60. The van der Waals surface area contributed by atoms with Gasteiger partial charge >= 0.3 is 0 Å². The number of anilines is 2. The van der Waals surface area contributed by atoms with E-state index in [1.807, 2.05) is 42.5 Å². The fourth-order valence-electron chi connectivity index (χ4n) is 2.91. The van der Waals surface area contributed by atoms with E-state index in [9.17, 15) is 8.42 Å². The smallest absolute Gasteiger partial charge is 0.261 e. The van der Waals surface area contributed by atoms with Crippen LogP contribution < -0.4 is 10.5 Å². The molecule has 0 heterocycles. The molecular weight excluding hydrogens is 332 g/mol. The summed E-state index contributed by atoms with van der Waals surface area (Å²) >= 11 is 0. The molecule has 0 amide bonds. The maximum Gasteiger partial charge on any atom is 0.261 e. The standard InChI is InChI=1S/C20H16N2O2S/c21-17-8-10-18(11-9-17)25(23,24)22-20-7-3-6-16-12-14-4-1-2-5-15(14)13-19(16)20/h1-13,22H,21H2. The molecule has 25 heavy (non-hydrogen) atoms. The SMILES string of the molecule is Nc1ccc(S(=O)(=O)Nc2cccc3cc4ccccc4cc23)cc1. The molecular formula is C20H16N2O2S. The van der Waals surface area contributed by atoms with Gasteiger partial charge in [-0.15, -0.1) is 0 Å². The molecule has 4 rings (SSSR count). The van der Waals surface area contributed by atoms with Crippen LogP contribution in [-0.4, -0.2) is 8.42 Å². The van der Waals surface area contributed by atoms with Gasteiger partial charge in [-0.05, 0) is 58.6 Å². The number of sulfonamides is 1. The van der Waals surface area contributed by atoms with Crippen molar-refractivity contribution < 1.29 is 8.42 Å². The highest BCUT2D eigenvalue weighted by Crippen LogP contribution is 2.30. The van der Waals surface area contributed by atoms with Crippen LogP contribution in [0.3, 0.4) is 0 Å². The van der Waals surface area contributed by atoms with E-state index in [2.05, 4.69) is 10.8 Å². The Kier molecular flexibility index (Phi) is 3.58. The lowest BCUT2D eigenvalue weighted by Gasteiger charge is -2.12. The van der Waals surface area contributed by atoms with E-state index in [4.69, 9.17) is 5.73 Å². The number of hydrogen-bond donors (Lipinski definition) is 2. The maximum absolute atomic E-state index is 12.7. The van der Waals surface area contributed by atoms with E-state index in [-0.39, 0.29) is 4.90 Å². The lowest BCUT2D eigenvalue weighted by molar-refractivity contribution is 0.601. The zero-order valence-corrected chi connectivity index (χ0v) is 14.1. The summed E-state index contributed by atoms with van der Waals surface area (Å²) in [6.07, 6.45) is 0. The second-order valence-corrected chi connectivity index (χ2v) is 7.58. The van der Waals surface area contributed by atoms with Crippen molar-refractivity contribution in [2.24, 2.45) is 0 Å². The van der Waals surface area contributed by atoms with Gasteiger partial charge in [0.05, 0.1) is 10.6 Å². The predicted molar refractivity (Wildman–Crippen MR) is 103 cm³/mol. The van der Waals surface area contributed by atoms with Crippen molar-refractivity contribution in [2.45, 2.75) is 4.90 Å². The zero-order valence-electron chi connectivity index (χ0n) is 13.3. The Bertz CT molecular complexity index is 1180. The number of hydrogen-bond acceptors (Lipinski definition) is 3. The van der Waals surface area contributed by atoms with Crippen LogP contribution in [0.2, 0.25) is 0 Å². The summed E-state index contributed by atoms with van der Waals surface area (Å²) in [6, 6.07) is 23.8. The number of nitrogen functional groups attached to an aromatic ring is 1. The highest BCUT2D eigenvalue weighted by molar-refractivity contribution is 7.92. The van der Waals surface area contributed by atoms with Gasteiger partial charge < -0.3 is 5.73 Å². The zero-order chi connectivity index (χ0) is 17.4. The summed E-state index contributed by atoms with van der Waals surface area (Å²) in [5.41, 5.74) is 6.71. The molecule has 0 unspecified atom stereocenters. The van der Waals surface area contributed by atoms with Gasteiger partial charge in [-0.2, -0.15) is 0 Å². The first kappa shape index (κ1) is 15.5. The van der Waals surface area contributed by atoms with Crippen LogP contribution >= 0.6 is 0 Å². The first-order valence-corrected chi connectivity index (χ1v) is 9.31.